The van der Waals surface area contributed by atoms with Gasteiger partial charge in [-0.2, -0.15) is 0 Å². The summed E-state index contributed by atoms with van der Waals surface area (Å²) in [6, 6.07) is 0. The van der Waals surface area contributed by atoms with E-state index >= 15 is 0 Å². The zero-order valence-corrected chi connectivity index (χ0v) is 6.44. The molecule has 1 fully saturated rings. The number of alkyl halides is 1. The van der Waals surface area contributed by atoms with Crippen molar-refractivity contribution in [3.8, 4) is 0 Å². The summed E-state index contributed by atoms with van der Waals surface area (Å²) in [5.74, 6) is 0.976. The minimum Gasteiger partial charge on any atom is -0.300 e. The average Bonchev–Trinajstić information content (AvgIpc) is 2.17. The normalized spacial score (nSPS) is 34.8. The van der Waals surface area contributed by atoms with Gasteiger partial charge in [0.2, 0.25) is 0 Å². The van der Waals surface area contributed by atoms with E-state index < -0.39 is 0 Å². The maximum Gasteiger partial charge on any atom is 0.130 e. The van der Waals surface area contributed by atoms with Gasteiger partial charge in [0.05, 0.1) is 0 Å². The van der Waals surface area contributed by atoms with E-state index in [0.717, 1.165) is 6.42 Å². The van der Waals surface area contributed by atoms with E-state index in [0.29, 0.717) is 16.5 Å². The van der Waals surface area contributed by atoms with Crippen LogP contribution < -0.4 is 0 Å². The first-order valence-corrected chi connectivity index (χ1v) is 3.75. The molecule has 0 N–H and O–H groups in total. The van der Waals surface area contributed by atoms with Gasteiger partial charge in [0, 0.05) is 11.2 Å². The van der Waals surface area contributed by atoms with Crippen LogP contribution in [0.25, 0.3) is 0 Å². The Morgan fingerprint density at radius 2 is 2.38 bits per heavy atom. The Bertz CT molecular complexity index is 111. The molecule has 46 valence electrons. The smallest absolute Gasteiger partial charge is 0.130 e. The van der Waals surface area contributed by atoms with Crippen LogP contribution in [0.5, 0.6) is 0 Å². The fourth-order valence-corrected chi connectivity index (χ4v) is 1.46. The maximum absolute atomic E-state index is 10.4. The van der Waals surface area contributed by atoms with Crippen LogP contribution in [0.15, 0.2) is 0 Å². The average molecular weight is 177 g/mol. The van der Waals surface area contributed by atoms with Gasteiger partial charge in [0.15, 0.2) is 0 Å². The van der Waals surface area contributed by atoms with Gasteiger partial charge in [-0.05, 0) is 19.3 Å². The lowest BCUT2D eigenvalue weighted by Gasteiger charge is -1.86. The van der Waals surface area contributed by atoms with Crippen LogP contribution in [0.3, 0.4) is 0 Å². The second-order valence-corrected chi connectivity index (χ2v) is 3.59. The van der Waals surface area contributed by atoms with Gasteiger partial charge in [-0.25, -0.2) is 0 Å². The Morgan fingerprint density at radius 3 is 2.50 bits per heavy atom. The van der Waals surface area contributed by atoms with Crippen molar-refractivity contribution in [2.24, 2.45) is 5.92 Å². The molecule has 2 atom stereocenters. The first-order chi connectivity index (χ1) is 3.70. The molecule has 0 aromatic rings. The predicted octanol–water partition coefficient (Wildman–Crippen LogP) is 1.75. The largest absolute Gasteiger partial charge is 0.300 e. The molecule has 8 heavy (non-hydrogen) atoms. The fraction of sp³-hybridized carbons (Fsp3) is 0.833. The van der Waals surface area contributed by atoms with Crippen LogP contribution in [0.1, 0.15) is 19.8 Å². The SMILES string of the molecule is CC(=O)CC1CC1Br. The summed E-state index contributed by atoms with van der Waals surface area (Å²) in [7, 11) is 0. The molecular formula is C6H9BrO. The number of hydrogen-bond donors (Lipinski definition) is 0. The van der Waals surface area contributed by atoms with Crippen molar-refractivity contribution in [3.63, 3.8) is 0 Å². The van der Waals surface area contributed by atoms with Crippen molar-refractivity contribution in [1.29, 1.82) is 0 Å². The van der Waals surface area contributed by atoms with Crippen LogP contribution in [-0.2, 0) is 4.79 Å². The van der Waals surface area contributed by atoms with Crippen LogP contribution in [0, 0.1) is 5.92 Å². The Labute approximate surface area is 57.6 Å². The number of carbonyl (C=O) groups is 1. The summed E-state index contributed by atoms with van der Waals surface area (Å²) in [6.45, 7) is 1.65. The van der Waals surface area contributed by atoms with E-state index in [9.17, 15) is 4.79 Å². The van der Waals surface area contributed by atoms with Crippen LogP contribution >= 0.6 is 15.9 Å². The number of hydrogen-bond acceptors (Lipinski definition) is 1. The molecule has 1 saturated carbocycles. The Balaban J connectivity index is 2.14. The highest BCUT2D eigenvalue weighted by molar-refractivity contribution is 9.09. The molecule has 0 aromatic heterocycles. The Hall–Kier alpha value is 0.150. The molecule has 0 bridgehead atoms. The Kier molecular flexibility index (Phi) is 1.71. The molecule has 0 aromatic carbocycles. The minimum absolute atomic E-state index is 0.317. The fourth-order valence-electron chi connectivity index (χ4n) is 0.791. The van der Waals surface area contributed by atoms with E-state index in [4.69, 9.17) is 0 Å². The van der Waals surface area contributed by atoms with E-state index in [2.05, 4.69) is 15.9 Å². The Morgan fingerprint density at radius 1 is 1.88 bits per heavy atom. The zero-order chi connectivity index (χ0) is 6.15. The monoisotopic (exact) mass is 176 g/mol. The van der Waals surface area contributed by atoms with E-state index in [1.54, 1.807) is 6.92 Å². The lowest BCUT2D eigenvalue weighted by Crippen LogP contribution is -1.91. The third-order valence-corrected chi connectivity index (χ3v) is 2.51. The van der Waals surface area contributed by atoms with Crippen LogP contribution in [0.2, 0.25) is 0 Å². The number of carbonyl (C=O) groups excluding carboxylic acids is 1. The highest BCUT2D eigenvalue weighted by Crippen LogP contribution is 2.40. The van der Waals surface area contributed by atoms with Crippen molar-refractivity contribution in [2.75, 3.05) is 0 Å². The van der Waals surface area contributed by atoms with Crippen LogP contribution in [-0.4, -0.2) is 10.6 Å². The lowest BCUT2D eigenvalue weighted by atomic mass is 10.2. The predicted molar refractivity (Wildman–Crippen MR) is 36.1 cm³/mol. The highest BCUT2D eigenvalue weighted by Gasteiger charge is 2.34. The standard InChI is InChI=1S/C6H9BrO/c1-4(8)2-5-3-6(5)7/h5-6H,2-3H2,1H3. The van der Waals surface area contributed by atoms with Gasteiger partial charge in [-0.15, -0.1) is 0 Å². The molecule has 1 aliphatic rings. The van der Waals surface area contributed by atoms with Crippen molar-refractivity contribution in [3.05, 3.63) is 0 Å². The number of ketones is 1. The van der Waals surface area contributed by atoms with Gasteiger partial charge >= 0.3 is 0 Å². The molecule has 0 saturated heterocycles. The lowest BCUT2D eigenvalue weighted by molar-refractivity contribution is -0.117. The van der Waals surface area contributed by atoms with Crippen molar-refractivity contribution >= 4 is 21.7 Å². The van der Waals surface area contributed by atoms with E-state index in [1.807, 2.05) is 0 Å². The van der Waals surface area contributed by atoms with Crippen molar-refractivity contribution in [1.82, 2.24) is 0 Å². The third kappa shape index (κ3) is 1.58. The van der Waals surface area contributed by atoms with Crippen LogP contribution in [0.4, 0.5) is 0 Å². The van der Waals surface area contributed by atoms with E-state index in [-0.39, 0.29) is 0 Å². The molecule has 1 aliphatic carbocycles. The molecule has 2 unspecified atom stereocenters. The summed E-state index contributed by atoms with van der Waals surface area (Å²) in [6.07, 6.45) is 1.97. The number of halogens is 1. The topological polar surface area (TPSA) is 17.1 Å². The number of Topliss-reactive ketones (excluding diaryl/α,β-unsaturated/α-hetero) is 1. The van der Waals surface area contributed by atoms with Crippen molar-refractivity contribution in [2.45, 2.75) is 24.6 Å². The summed E-state index contributed by atoms with van der Waals surface area (Å²) in [5, 5.41) is 0. The second-order valence-electron chi connectivity index (χ2n) is 2.42. The van der Waals surface area contributed by atoms with Gasteiger partial charge < -0.3 is 4.79 Å². The molecular weight excluding hydrogens is 168 g/mol. The quantitative estimate of drug-likeness (QED) is 0.587. The summed E-state index contributed by atoms with van der Waals surface area (Å²) >= 11 is 3.42. The maximum atomic E-state index is 10.4. The summed E-state index contributed by atoms with van der Waals surface area (Å²) < 4.78 is 0. The molecule has 0 heterocycles. The first-order valence-electron chi connectivity index (χ1n) is 2.83. The first kappa shape index (κ1) is 6.27. The molecule has 0 amide bonds. The molecule has 2 heteroatoms. The van der Waals surface area contributed by atoms with Gasteiger partial charge in [0.1, 0.15) is 5.78 Å². The van der Waals surface area contributed by atoms with Gasteiger partial charge in [0.25, 0.3) is 0 Å². The minimum atomic E-state index is 0.317. The molecule has 0 spiro atoms. The van der Waals surface area contributed by atoms with E-state index in [1.165, 1.54) is 6.42 Å². The molecule has 1 rings (SSSR count). The summed E-state index contributed by atoms with van der Waals surface area (Å²) in [4.78, 5) is 11.1. The second kappa shape index (κ2) is 2.18. The highest BCUT2D eigenvalue weighted by atomic mass is 79.9. The van der Waals surface area contributed by atoms with Gasteiger partial charge in [-0.3, -0.25) is 0 Å². The zero-order valence-electron chi connectivity index (χ0n) is 4.86. The van der Waals surface area contributed by atoms with Gasteiger partial charge in [-0.1, -0.05) is 15.9 Å². The summed E-state index contributed by atoms with van der Waals surface area (Å²) in [5.41, 5.74) is 0. The third-order valence-electron chi connectivity index (χ3n) is 1.39. The molecule has 1 nitrogen and oxygen atoms in total. The molecule has 0 aliphatic heterocycles. The van der Waals surface area contributed by atoms with Crippen molar-refractivity contribution < 1.29 is 4.79 Å². The molecule has 0 radical (unpaired) electrons. The number of rotatable bonds is 2.